The van der Waals surface area contributed by atoms with Gasteiger partial charge in [0.25, 0.3) is 0 Å². The van der Waals surface area contributed by atoms with Crippen molar-refractivity contribution in [2.45, 2.75) is 19.4 Å². The lowest BCUT2D eigenvalue weighted by molar-refractivity contribution is -0.129. The van der Waals surface area contributed by atoms with Crippen molar-refractivity contribution >= 4 is 17.7 Å². The van der Waals surface area contributed by atoms with Crippen molar-refractivity contribution in [1.29, 1.82) is 0 Å². The van der Waals surface area contributed by atoms with E-state index in [-0.39, 0.29) is 18.4 Å². The number of carbonyl (C=O) groups excluding carboxylic acids is 3. The summed E-state index contributed by atoms with van der Waals surface area (Å²) in [6, 6.07) is 8.73. The minimum absolute atomic E-state index is 0.141. The number of carbonyl (C=O) groups is 3. The van der Waals surface area contributed by atoms with Gasteiger partial charge in [0.15, 0.2) is 0 Å². The number of benzene rings is 1. The van der Waals surface area contributed by atoms with Gasteiger partial charge in [-0.2, -0.15) is 0 Å². The molecule has 20 heavy (non-hydrogen) atoms. The summed E-state index contributed by atoms with van der Waals surface area (Å²) in [7, 11) is 1.51. The lowest BCUT2D eigenvalue weighted by Gasteiger charge is -2.17. The lowest BCUT2D eigenvalue weighted by Crippen LogP contribution is -2.49. The van der Waals surface area contributed by atoms with E-state index in [9.17, 15) is 14.4 Å². The summed E-state index contributed by atoms with van der Waals surface area (Å²) in [6.07, 6.45) is 0.395. The molecular formula is C14H19N3O3. The Hall–Kier alpha value is -2.37. The van der Waals surface area contributed by atoms with Crippen LogP contribution >= 0.6 is 0 Å². The molecule has 0 aliphatic rings. The third kappa shape index (κ3) is 5.51. The van der Waals surface area contributed by atoms with Crippen molar-refractivity contribution < 1.29 is 14.4 Å². The number of amides is 3. The molecule has 0 aliphatic heterocycles. The summed E-state index contributed by atoms with van der Waals surface area (Å²) in [5.41, 5.74) is 0.945. The van der Waals surface area contributed by atoms with E-state index >= 15 is 0 Å². The lowest BCUT2D eigenvalue weighted by atomic mass is 10.1. The molecule has 0 saturated carbocycles. The van der Waals surface area contributed by atoms with Crippen LogP contribution < -0.4 is 16.0 Å². The molecule has 0 spiro atoms. The standard InChI is InChI=1S/C14H19N3O3/c1-10(18)16-9-13(19)17-12(14(20)15-2)8-11-6-4-3-5-7-11/h3-7,12H,8-9H2,1-2H3,(H,15,20)(H,16,18)(H,17,19)/t12-/m0/s1. The van der Waals surface area contributed by atoms with Crippen molar-refractivity contribution in [3.63, 3.8) is 0 Å². The highest BCUT2D eigenvalue weighted by molar-refractivity contribution is 5.89. The van der Waals surface area contributed by atoms with Crippen LogP contribution in [0.25, 0.3) is 0 Å². The molecular weight excluding hydrogens is 258 g/mol. The van der Waals surface area contributed by atoms with E-state index in [2.05, 4.69) is 16.0 Å². The zero-order chi connectivity index (χ0) is 15.0. The van der Waals surface area contributed by atoms with Crippen molar-refractivity contribution in [2.24, 2.45) is 0 Å². The first-order valence-corrected chi connectivity index (χ1v) is 6.32. The number of nitrogens with one attached hydrogen (secondary N) is 3. The fourth-order valence-corrected chi connectivity index (χ4v) is 1.68. The molecule has 1 aromatic carbocycles. The van der Waals surface area contributed by atoms with Crippen LogP contribution in [0.2, 0.25) is 0 Å². The molecule has 1 aromatic rings. The van der Waals surface area contributed by atoms with Gasteiger partial charge in [-0.25, -0.2) is 0 Å². The average molecular weight is 277 g/mol. The van der Waals surface area contributed by atoms with Crippen LogP contribution in [0.1, 0.15) is 12.5 Å². The van der Waals surface area contributed by atoms with E-state index in [4.69, 9.17) is 0 Å². The molecule has 3 amide bonds. The number of hydrogen-bond donors (Lipinski definition) is 3. The largest absolute Gasteiger partial charge is 0.357 e. The fraction of sp³-hybridized carbons (Fsp3) is 0.357. The summed E-state index contributed by atoms with van der Waals surface area (Å²) < 4.78 is 0. The van der Waals surface area contributed by atoms with Gasteiger partial charge in [0.2, 0.25) is 17.7 Å². The quantitative estimate of drug-likeness (QED) is 0.661. The minimum atomic E-state index is -0.663. The van der Waals surface area contributed by atoms with E-state index in [1.807, 2.05) is 30.3 Å². The molecule has 0 aromatic heterocycles. The molecule has 6 nitrogen and oxygen atoms in total. The molecule has 1 atom stereocenters. The molecule has 0 aliphatic carbocycles. The predicted molar refractivity (Wildman–Crippen MR) is 74.8 cm³/mol. The summed E-state index contributed by atoms with van der Waals surface area (Å²) in [4.78, 5) is 34.2. The monoisotopic (exact) mass is 277 g/mol. The third-order valence-electron chi connectivity index (χ3n) is 2.68. The topological polar surface area (TPSA) is 87.3 Å². The van der Waals surface area contributed by atoms with E-state index in [0.717, 1.165) is 5.56 Å². The maximum Gasteiger partial charge on any atom is 0.242 e. The Kier molecular flexibility index (Phi) is 6.22. The van der Waals surface area contributed by atoms with Crippen molar-refractivity contribution in [3.05, 3.63) is 35.9 Å². The molecule has 108 valence electrons. The Morgan fingerprint density at radius 3 is 2.35 bits per heavy atom. The molecule has 3 N–H and O–H groups in total. The van der Waals surface area contributed by atoms with Gasteiger partial charge < -0.3 is 16.0 Å². The van der Waals surface area contributed by atoms with E-state index in [1.54, 1.807) is 0 Å². The van der Waals surface area contributed by atoms with Crippen molar-refractivity contribution in [1.82, 2.24) is 16.0 Å². The Balaban J connectivity index is 2.63. The van der Waals surface area contributed by atoms with Gasteiger partial charge in [-0.3, -0.25) is 14.4 Å². The van der Waals surface area contributed by atoms with E-state index in [1.165, 1.54) is 14.0 Å². The summed E-state index contributed by atoms with van der Waals surface area (Å²) >= 11 is 0. The van der Waals surface area contributed by atoms with Crippen LogP contribution in [0.4, 0.5) is 0 Å². The Labute approximate surface area is 117 Å². The van der Waals surface area contributed by atoms with Gasteiger partial charge in [0.05, 0.1) is 6.54 Å². The van der Waals surface area contributed by atoms with Crippen LogP contribution in [0.3, 0.4) is 0 Å². The summed E-state index contributed by atoms with van der Waals surface area (Å²) in [5.74, 6) is -0.963. The number of hydrogen-bond acceptors (Lipinski definition) is 3. The molecule has 0 radical (unpaired) electrons. The van der Waals surface area contributed by atoms with Gasteiger partial charge in [0, 0.05) is 20.4 Å². The first kappa shape index (κ1) is 15.7. The third-order valence-corrected chi connectivity index (χ3v) is 2.68. The second-order valence-electron chi connectivity index (χ2n) is 4.33. The number of likely N-dealkylation sites (N-methyl/N-ethyl adjacent to an activating group) is 1. The molecule has 1 rings (SSSR count). The fourth-order valence-electron chi connectivity index (χ4n) is 1.68. The second-order valence-corrected chi connectivity index (χ2v) is 4.33. The van der Waals surface area contributed by atoms with Crippen LogP contribution in [0.5, 0.6) is 0 Å². The van der Waals surface area contributed by atoms with Gasteiger partial charge in [-0.1, -0.05) is 30.3 Å². The van der Waals surface area contributed by atoms with E-state index < -0.39 is 11.9 Å². The Morgan fingerprint density at radius 1 is 1.15 bits per heavy atom. The highest BCUT2D eigenvalue weighted by Gasteiger charge is 2.19. The van der Waals surface area contributed by atoms with Crippen molar-refractivity contribution in [2.75, 3.05) is 13.6 Å². The van der Waals surface area contributed by atoms with E-state index in [0.29, 0.717) is 6.42 Å². The summed E-state index contributed by atoms with van der Waals surface area (Å²) in [6.45, 7) is 1.19. The highest BCUT2D eigenvalue weighted by Crippen LogP contribution is 2.03. The highest BCUT2D eigenvalue weighted by atomic mass is 16.2. The maximum absolute atomic E-state index is 11.8. The van der Waals surface area contributed by atoms with Gasteiger partial charge in [-0.05, 0) is 5.56 Å². The van der Waals surface area contributed by atoms with Crippen LogP contribution in [-0.4, -0.2) is 37.4 Å². The van der Waals surface area contributed by atoms with Gasteiger partial charge in [0.1, 0.15) is 6.04 Å². The zero-order valence-electron chi connectivity index (χ0n) is 11.6. The van der Waals surface area contributed by atoms with Gasteiger partial charge in [-0.15, -0.1) is 0 Å². The first-order chi connectivity index (χ1) is 9.52. The Morgan fingerprint density at radius 2 is 1.80 bits per heavy atom. The van der Waals surface area contributed by atoms with Gasteiger partial charge >= 0.3 is 0 Å². The number of rotatable bonds is 6. The predicted octanol–water partition coefficient (Wildman–Crippen LogP) is -0.404. The van der Waals surface area contributed by atoms with Crippen LogP contribution in [-0.2, 0) is 20.8 Å². The van der Waals surface area contributed by atoms with Crippen molar-refractivity contribution in [3.8, 4) is 0 Å². The minimum Gasteiger partial charge on any atom is -0.357 e. The SMILES string of the molecule is CNC(=O)[C@H](Cc1ccccc1)NC(=O)CNC(C)=O. The van der Waals surface area contributed by atoms with Crippen LogP contribution in [0, 0.1) is 0 Å². The van der Waals surface area contributed by atoms with Crippen LogP contribution in [0.15, 0.2) is 30.3 Å². The maximum atomic E-state index is 11.8. The molecule has 0 heterocycles. The second kappa shape index (κ2) is 7.93. The summed E-state index contributed by atoms with van der Waals surface area (Å²) in [5, 5.41) is 7.51. The molecule has 0 bridgehead atoms. The molecule has 6 heteroatoms. The molecule has 0 unspecified atom stereocenters. The molecule has 0 saturated heterocycles. The normalized spacial score (nSPS) is 11.3. The first-order valence-electron chi connectivity index (χ1n) is 6.32. The Bertz CT molecular complexity index is 474. The zero-order valence-corrected chi connectivity index (χ0v) is 11.6. The molecule has 0 fully saturated rings. The smallest absolute Gasteiger partial charge is 0.242 e. The average Bonchev–Trinajstić information content (AvgIpc) is 2.44.